The van der Waals surface area contributed by atoms with Gasteiger partial charge in [-0.25, -0.2) is 8.42 Å². The van der Waals surface area contributed by atoms with Crippen molar-refractivity contribution in [3.63, 3.8) is 0 Å². The van der Waals surface area contributed by atoms with Crippen LogP contribution in [-0.4, -0.2) is 97.6 Å². The van der Waals surface area contributed by atoms with Gasteiger partial charge in [-0.1, -0.05) is 18.2 Å². The minimum atomic E-state index is -4.82. The average Bonchev–Trinajstić information content (AvgIpc) is 3.44. The van der Waals surface area contributed by atoms with Gasteiger partial charge in [0.25, 0.3) is 10.0 Å². The molecule has 2 bridgehead atoms. The van der Waals surface area contributed by atoms with Crippen molar-refractivity contribution in [1.29, 1.82) is 0 Å². The molecule has 0 spiro atoms. The van der Waals surface area contributed by atoms with Gasteiger partial charge in [-0.3, -0.25) is 4.90 Å². The highest BCUT2D eigenvalue weighted by atomic mass is 32.2. The summed E-state index contributed by atoms with van der Waals surface area (Å²) in [6.07, 6.45) is -4.77. The first-order chi connectivity index (χ1) is 17.4. The van der Waals surface area contributed by atoms with Gasteiger partial charge in [0.15, 0.2) is 5.60 Å². The van der Waals surface area contributed by atoms with E-state index in [4.69, 9.17) is 4.74 Å². The molecule has 3 fully saturated rings. The van der Waals surface area contributed by atoms with Crippen molar-refractivity contribution in [3.8, 4) is 0 Å². The molecule has 2 aromatic rings. The number of aliphatic hydroxyl groups excluding tert-OH is 1. The fraction of sp³-hybridized carbons (Fsp3) is 0.583. The van der Waals surface area contributed by atoms with Crippen molar-refractivity contribution in [2.75, 3.05) is 44.3 Å². The predicted octanol–water partition coefficient (Wildman–Crippen LogP) is 2.23. The third kappa shape index (κ3) is 4.90. The average molecular weight is 562 g/mol. The van der Waals surface area contributed by atoms with Gasteiger partial charge in [0.1, 0.15) is 4.21 Å². The number of sulfonamides is 1. The summed E-state index contributed by atoms with van der Waals surface area (Å²) in [7, 11) is -3.69. The van der Waals surface area contributed by atoms with E-state index in [0.717, 1.165) is 18.3 Å². The maximum Gasteiger partial charge on any atom is 0.421 e. The summed E-state index contributed by atoms with van der Waals surface area (Å²) in [4.78, 5) is 4.18. The van der Waals surface area contributed by atoms with Crippen LogP contribution in [-0.2, 0) is 20.4 Å². The number of thiophene rings is 1. The molecule has 5 atom stereocenters. The van der Waals surface area contributed by atoms with Gasteiger partial charge >= 0.3 is 6.18 Å². The number of hydrogen-bond acceptors (Lipinski definition) is 8. The van der Waals surface area contributed by atoms with Crippen molar-refractivity contribution in [1.82, 2.24) is 9.21 Å². The Bertz CT molecular complexity index is 1190. The number of fused-ring (bicyclic) bond motifs is 2. The zero-order valence-electron chi connectivity index (χ0n) is 20.2. The Morgan fingerprint density at radius 3 is 2.49 bits per heavy atom. The minimum absolute atomic E-state index is 0.0177. The summed E-state index contributed by atoms with van der Waals surface area (Å²) in [5.41, 5.74) is -2.61. The van der Waals surface area contributed by atoms with Gasteiger partial charge in [-0.05, 0) is 42.5 Å². The summed E-state index contributed by atoms with van der Waals surface area (Å²) < 4.78 is 73.9. The van der Waals surface area contributed by atoms with E-state index < -0.39 is 27.9 Å². The molecule has 3 saturated heterocycles. The molecule has 1 aromatic carbocycles. The van der Waals surface area contributed by atoms with Crippen LogP contribution in [0, 0.1) is 0 Å². The van der Waals surface area contributed by atoms with Gasteiger partial charge in [0, 0.05) is 37.9 Å². The molecule has 1 aromatic heterocycles. The van der Waals surface area contributed by atoms with E-state index in [-0.39, 0.29) is 41.0 Å². The predicted molar refractivity (Wildman–Crippen MR) is 132 cm³/mol. The van der Waals surface area contributed by atoms with Gasteiger partial charge in [0.2, 0.25) is 0 Å². The molecule has 3 aliphatic heterocycles. The number of benzene rings is 1. The number of anilines is 1. The molecule has 3 aliphatic rings. The molecular weight excluding hydrogens is 531 g/mol. The Kier molecular flexibility index (Phi) is 7.10. The van der Waals surface area contributed by atoms with Crippen LogP contribution in [0.4, 0.5) is 18.9 Å². The Labute approximate surface area is 217 Å². The van der Waals surface area contributed by atoms with Crippen molar-refractivity contribution < 1.29 is 36.5 Å². The van der Waals surface area contributed by atoms with Crippen molar-refractivity contribution >= 4 is 27.0 Å². The van der Waals surface area contributed by atoms with Crippen LogP contribution >= 0.6 is 11.3 Å². The van der Waals surface area contributed by atoms with Crippen LogP contribution in [0.25, 0.3) is 0 Å². The third-order valence-corrected chi connectivity index (χ3v) is 11.0. The van der Waals surface area contributed by atoms with Gasteiger partial charge < -0.3 is 19.8 Å². The maximum atomic E-state index is 13.3. The second kappa shape index (κ2) is 9.78. The normalized spacial score (nSPS) is 29.4. The number of morpholine rings is 1. The molecule has 5 rings (SSSR count). The Balaban J connectivity index is 1.43. The molecule has 2 N–H and O–H groups in total. The van der Waals surface area contributed by atoms with Crippen LogP contribution in [0.15, 0.2) is 46.0 Å². The molecule has 0 unspecified atom stereocenters. The highest BCUT2D eigenvalue weighted by Crippen LogP contribution is 2.39. The van der Waals surface area contributed by atoms with Crippen LogP contribution < -0.4 is 4.90 Å². The quantitative estimate of drug-likeness (QED) is 0.559. The van der Waals surface area contributed by atoms with E-state index >= 15 is 0 Å². The van der Waals surface area contributed by atoms with Crippen molar-refractivity contribution in [3.05, 3.63) is 47.3 Å². The first-order valence-electron chi connectivity index (χ1n) is 12.1. The lowest BCUT2D eigenvalue weighted by Gasteiger charge is -2.46. The zero-order chi connectivity index (χ0) is 26.6. The summed E-state index contributed by atoms with van der Waals surface area (Å²) in [5.74, 6) is 0. The highest BCUT2D eigenvalue weighted by Gasteiger charge is 2.51. The second-order valence-corrected chi connectivity index (χ2v) is 13.1. The smallest absolute Gasteiger partial charge is 0.391 e. The largest absolute Gasteiger partial charge is 0.421 e. The molecule has 0 radical (unpaired) electrons. The standard InChI is InChI=1S/C24H30F3N3O5S2/c1-23(32,24(25,26)27)16-4-6-17(7-5-16)29-9-8-28(37(33,34)22-3-2-10-36-22)12-19(29)13-30-18-11-21(31)20(30)15-35-14-18/h2-7,10,18-21,31-32H,8-9,11-15H2,1H3/t18-,19+,20-,21+,23+/m0/s1. The minimum Gasteiger partial charge on any atom is -0.391 e. The summed E-state index contributed by atoms with van der Waals surface area (Å²) in [6.45, 7) is 2.81. The molecule has 0 aliphatic carbocycles. The Morgan fingerprint density at radius 2 is 1.86 bits per heavy atom. The third-order valence-electron chi connectivity index (χ3n) is 7.72. The summed E-state index contributed by atoms with van der Waals surface area (Å²) >= 11 is 1.16. The Hall–Kier alpha value is -1.74. The van der Waals surface area contributed by atoms with Crippen molar-refractivity contribution in [2.45, 2.75) is 53.6 Å². The number of aliphatic hydroxyl groups is 2. The van der Waals surface area contributed by atoms with Gasteiger partial charge in [0.05, 0.1) is 31.4 Å². The van der Waals surface area contributed by atoms with Crippen molar-refractivity contribution in [2.24, 2.45) is 0 Å². The summed E-state index contributed by atoms with van der Waals surface area (Å²) in [5, 5.41) is 22.3. The molecule has 204 valence electrons. The molecule has 4 heterocycles. The van der Waals surface area contributed by atoms with E-state index in [1.165, 1.54) is 28.6 Å². The number of nitrogens with zero attached hydrogens (tertiary/aromatic N) is 3. The molecule has 13 heteroatoms. The lowest BCUT2D eigenvalue weighted by molar-refractivity contribution is -0.258. The van der Waals surface area contributed by atoms with E-state index in [9.17, 15) is 31.8 Å². The number of ether oxygens (including phenoxy) is 1. The van der Waals surface area contributed by atoms with Gasteiger partial charge in [-0.15, -0.1) is 11.3 Å². The van der Waals surface area contributed by atoms with Crippen LogP contribution in [0.1, 0.15) is 18.9 Å². The van der Waals surface area contributed by atoms with Crippen LogP contribution in [0.2, 0.25) is 0 Å². The first-order valence-corrected chi connectivity index (χ1v) is 14.4. The van der Waals surface area contributed by atoms with Crippen LogP contribution in [0.5, 0.6) is 0 Å². The van der Waals surface area contributed by atoms with Crippen LogP contribution in [0.3, 0.4) is 0 Å². The Morgan fingerprint density at radius 1 is 1.14 bits per heavy atom. The molecule has 8 nitrogen and oxygen atoms in total. The lowest BCUT2D eigenvalue weighted by Crippen LogP contribution is -2.61. The fourth-order valence-corrected chi connectivity index (χ4v) is 8.12. The SMILES string of the molecule is C[C@@](O)(c1ccc(N2CCN(S(=O)(=O)c3cccs3)C[C@@H]2CN2[C@@H]3COC[C@H]2[C@H](O)C3)cc1)C(F)(F)F. The van der Waals surface area contributed by atoms with E-state index in [2.05, 4.69) is 4.90 Å². The topological polar surface area (TPSA) is 93.6 Å². The fourth-order valence-electron chi connectivity index (χ4n) is 5.51. The molecular formula is C24H30F3N3O5S2. The number of piperazine rings is 1. The molecule has 0 amide bonds. The zero-order valence-corrected chi connectivity index (χ0v) is 21.8. The highest BCUT2D eigenvalue weighted by molar-refractivity contribution is 7.91. The molecule has 37 heavy (non-hydrogen) atoms. The number of alkyl halides is 3. The van der Waals surface area contributed by atoms with Gasteiger partial charge in [-0.2, -0.15) is 17.5 Å². The maximum absolute atomic E-state index is 13.3. The monoisotopic (exact) mass is 561 g/mol. The lowest BCUT2D eigenvalue weighted by atomic mass is 9.95. The first kappa shape index (κ1) is 26.9. The van der Waals surface area contributed by atoms with E-state index in [0.29, 0.717) is 38.4 Å². The van der Waals surface area contributed by atoms with E-state index in [1.54, 1.807) is 17.5 Å². The number of rotatable bonds is 6. The summed E-state index contributed by atoms with van der Waals surface area (Å²) in [6, 6.07) is 8.38. The number of halogens is 3. The second-order valence-electron chi connectivity index (χ2n) is 10.0. The van der Waals surface area contributed by atoms with E-state index in [1.807, 2.05) is 4.90 Å². The number of hydrogen-bond donors (Lipinski definition) is 2. The molecule has 0 saturated carbocycles.